The smallest absolute Gasteiger partial charge is 0.267 e. The van der Waals surface area contributed by atoms with Crippen molar-refractivity contribution in [2.45, 2.75) is 0 Å². The number of aromatic nitrogens is 1. The van der Waals surface area contributed by atoms with Gasteiger partial charge in [-0.2, -0.15) is 5.26 Å². The van der Waals surface area contributed by atoms with Crippen molar-refractivity contribution in [3.05, 3.63) is 65.5 Å². The fraction of sp³-hybridized carbons (Fsp3) is 0. The number of hydrogen-bond donors (Lipinski definition) is 2. The summed E-state index contributed by atoms with van der Waals surface area (Å²) in [5.74, 6) is -0.980. The first-order valence-electron chi connectivity index (χ1n) is 5.72. The minimum atomic E-state index is -0.507. The van der Waals surface area contributed by atoms with E-state index in [1.807, 2.05) is 6.07 Å². The quantitative estimate of drug-likeness (QED) is 0.793. The van der Waals surface area contributed by atoms with Gasteiger partial charge in [-0.05, 0) is 36.4 Å². The van der Waals surface area contributed by atoms with Crippen molar-refractivity contribution in [3.63, 3.8) is 0 Å². The first-order valence-corrected chi connectivity index (χ1v) is 5.72. The Hall–Kier alpha value is -3.20. The zero-order chi connectivity index (χ0) is 14.4. The average molecular weight is 266 g/mol. The van der Waals surface area contributed by atoms with Crippen molar-refractivity contribution in [1.82, 2.24) is 15.8 Å². The van der Waals surface area contributed by atoms with Gasteiger partial charge in [0, 0.05) is 11.8 Å². The number of hydrogen-bond acceptors (Lipinski definition) is 4. The Bertz CT molecular complexity index is 660. The van der Waals surface area contributed by atoms with Crippen molar-refractivity contribution in [3.8, 4) is 6.07 Å². The predicted molar refractivity (Wildman–Crippen MR) is 70.3 cm³/mol. The van der Waals surface area contributed by atoms with Crippen LogP contribution in [0.1, 0.15) is 26.4 Å². The van der Waals surface area contributed by atoms with Crippen LogP contribution in [0, 0.1) is 11.3 Å². The van der Waals surface area contributed by atoms with Gasteiger partial charge in [0.25, 0.3) is 11.8 Å². The topological polar surface area (TPSA) is 94.9 Å². The van der Waals surface area contributed by atoms with E-state index >= 15 is 0 Å². The maximum Gasteiger partial charge on any atom is 0.288 e. The molecule has 0 spiro atoms. The van der Waals surface area contributed by atoms with Crippen molar-refractivity contribution in [2.75, 3.05) is 0 Å². The van der Waals surface area contributed by atoms with Crippen molar-refractivity contribution < 1.29 is 9.59 Å². The summed E-state index contributed by atoms with van der Waals surface area (Å²) in [6.07, 6.45) is 1.48. The monoisotopic (exact) mass is 266 g/mol. The van der Waals surface area contributed by atoms with Crippen molar-refractivity contribution >= 4 is 11.8 Å². The molecule has 0 saturated heterocycles. The Morgan fingerprint density at radius 1 is 1.00 bits per heavy atom. The van der Waals surface area contributed by atoms with Gasteiger partial charge in [-0.1, -0.05) is 6.07 Å². The van der Waals surface area contributed by atoms with Crippen molar-refractivity contribution in [2.24, 2.45) is 0 Å². The zero-order valence-corrected chi connectivity index (χ0v) is 10.3. The van der Waals surface area contributed by atoms with Gasteiger partial charge in [0.1, 0.15) is 5.69 Å². The molecule has 2 amide bonds. The Kier molecular flexibility index (Phi) is 4.04. The van der Waals surface area contributed by atoms with Crippen LogP contribution in [0.25, 0.3) is 0 Å². The molecule has 6 heteroatoms. The second-order valence-corrected chi connectivity index (χ2v) is 3.81. The number of nitrogens with zero attached hydrogens (tertiary/aromatic N) is 2. The highest BCUT2D eigenvalue weighted by Gasteiger charge is 2.09. The summed E-state index contributed by atoms with van der Waals surface area (Å²) in [4.78, 5) is 27.3. The maximum absolute atomic E-state index is 11.8. The van der Waals surface area contributed by atoms with Gasteiger partial charge in [0.15, 0.2) is 0 Å². The Labute approximate surface area is 115 Å². The van der Waals surface area contributed by atoms with Gasteiger partial charge in [-0.15, -0.1) is 0 Å². The molecule has 0 bridgehead atoms. The van der Waals surface area contributed by atoms with E-state index in [1.165, 1.54) is 36.5 Å². The number of nitrogens with one attached hydrogen (secondary N) is 2. The molecule has 0 aliphatic rings. The van der Waals surface area contributed by atoms with Crippen LogP contribution >= 0.6 is 0 Å². The number of amides is 2. The number of nitriles is 1. The lowest BCUT2D eigenvalue weighted by molar-refractivity contribution is 0.0844. The fourth-order valence-corrected chi connectivity index (χ4v) is 1.44. The summed E-state index contributed by atoms with van der Waals surface area (Å²) in [7, 11) is 0. The summed E-state index contributed by atoms with van der Waals surface area (Å²) in [5, 5.41) is 8.65. The molecule has 0 aliphatic carbocycles. The third kappa shape index (κ3) is 3.17. The molecule has 1 heterocycles. The van der Waals surface area contributed by atoms with Gasteiger partial charge in [0.05, 0.1) is 11.6 Å². The summed E-state index contributed by atoms with van der Waals surface area (Å²) in [6.45, 7) is 0. The van der Waals surface area contributed by atoms with E-state index in [0.717, 1.165) is 0 Å². The number of hydrazine groups is 1. The van der Waals surface area contributed by atoms with E-state index < -0.39 is 11.8 Å². The molecule has 1 aromatic heterocycles. The van der Waals surface area contributed by atoms with Crippen LogP contribution in [0.3, 0.4) is 0 Å². The summed E-state index contributed by atoms with van der Waals surface area (Å²) in [6, 6.07) is 12.9. The second kappa shape index (κ2) is 6.11. The van der Waals surface area contributed by atoms with E-state index in [-0.39, 0.29) is 5.69 Å². The van der Waals surface area contributed by atoms with E-state index in [0.29, 0.717) is 11.1 Å². The molecule has 0 unspecified atom stereocenters. The lowest BCUT2D eigenvalue weighted by atomic mass is 10.1. The third-order valence-electron chi connectivity index (χ3n) is 2.46. The molecule has 0 fully saturated rings. The van der Waals surface area contributed by atoms with Crippen LogP contribution in [0.15, 0.2) is 48.7 Å². The summed E-state index contributed by atoms with van der Waals surface area (Å²) in [5.41, 5.74) is 5.53. The largest absolute Gasteiger partial charge is 0.288 e. The molecule has 0 radical (unpaired) electrons. The van der Waals surface area contributed by atoms with E-state index in [4.69, 9.17) is 5.26 Å². The second-order valence-electron chi connectivity index (χ2n) is 3.81. The van der Waals surface area contributed by atoms with Crippen LogP contribution in [-0.2, 0) is 0 Å². The van der Waals surface area contributed by atoms with Gasteiger partial charge >= 0.3 is 0 Å². The first-order chi connectivity index (χ1) is 9.70. The summed E-state index contributed by atoms with van der Waals surface area (Å²) >= 11 is 0. The van der Waals surface area contributed by atoms with Gasteiger partial charge in [-0.25, -0.2) is 0 Å². The minimum absolute atomic E-state index is 0.202. The van der Waals surface area contributed by atoms with Crippen LogP contribution in [-0.4, -0.2) is 16.8 Å². The van der Waals surface area contributed by atoms with Crippen LogP contribution < -0.4 is 10.9 Å². The summed E-state index contributed by atoms with van der Waals surface area (Å²) < 4.78 is 0. The molecule has 98 valence electrons. The molecule has 2 rings (SSSR count). The highest BCUT2D eigenvalue weighted by molar-refractivity contribution is 5.98. The molecule has 1 aromatic carbocycles. The SMILES string of the molecule is N#Cc1ccc(C(=O)NNC(=O)c2ccccn2)cc1. The Balaban J connectivity index is 1.95. The Morgan fingerprint density at radius 2 is 1.70 bits per heavy atom. The fourth-order valence-electron chi connectivity index (χ4n) is 1.44. The number of carbonyl (C=O) groups excluding carboxylic acids is 2. The van der Waals surface area contributed by atoms with E-state index in [9.17, 15) is 9.59 Å². The molecule has 6 nitrogen and oxygen atoms in total. The van der Waals surface area contributed by atoms with Gasteiger partial charge in [0.2, 0.25) is 0 Å². The highest BCUT2D eigenvalue weighted by atomic mass is 16.2. The average Bonchev–Trinajstić information content (AvgIpc) is 2.53. The molecule has 2 aromatic rings. The lowest BCUT2D eigenvalue weighted by Crippen LogP contribution is -2.41. The van der Waals surface area contributed by atoms with Crippen molar-refractivity contribution in [1.29, 1.82) is 5.26 Å². The number of carbonyl (C=O) groups is 2. The molecular weight excluding hydrogens is 256 g/mol. The molecule has 20 heavy (non-hydrogen) atoms. The Morgan fingerprint density at radius 3 is 2.30 bits per heavy atom. The lowest BCUT2D eigenvalue weighted by Gasteiger charge is -2.06. The zero-order valence-electron chi connectivity index (χ0n) is 10.3. The molecular formula is C14H10N4O2. The predicted octanol–water partition coefficient (Wildman–Crippen LogP) is 1.03. The van der Waals surface area contributed by atoms with Crippen LogP contribution in [0.4, 0.5) is 0 Å². The molecule has 2 N–H and O–H groups in total. The van der Waals surface area contributed by atoms with Gasteiger partial charge < -0.3 is 0 Å². The standard InChI is InChI=1S/C14H10N4O2/c15-9-10-4-6-11(7-5-10)13(19)17-18-14(20)12-3-1-2-8-16-12/h1-8H,(H,17,19)(H,18,20). The normalized spacial score (nSPS) is 9.35. The number of benzene rings is 1. The molecule has 0 aliphatic heterocycles. The van der Waals surface area contributed by atoms with E-state index in [1.54, 1.807) is 12.1 Å². The molecule has 0 saturated carbocycles. The molecule has 0 atom stereocenters. The third-order valence-corrected chi connectivity index (χ3v) is 2.46. The van der Waals surface area contributed by atoms with Crippen LogP contribution in [0.2, 0.25) is 0 Å². The van der Waals surface area contributed by atoms with E-state index in [2.05, 4.69) is 15.8 Å². The maximum atomic E-state index is 11.8. The minimum Gasteiger partial charge on any atom is -0.267 e. The highest BCUT2D eigenvalue weighted by Crippen LogP contribution is 2.02. The number of pyridine rings is 1. The number of rotatable bonds is 2. The first kappa shape index (κ1) is 13.2. The van der Waals surface area contributed by atoms with Crippen LogP contribution in [0.5, 0.6) is 0 Å². The van der Waals surface area contributed by atoms with Gasteiger partial charge in [-0.3, -0.25) is 25.4 Å².